The highest BCUT2D eigenvalue weighted by Gasteiger charge is 2.71. The molecule has 0 aromatic heterocycles. The molecule has 2 unspecified atom stereocenters. The fourth-order valence-corrected chi connectivity index (χ4v) is 0.885. The molecule has 2 saturated heterocycles. The van der Waals surface area contributed by atoms with E-state index >= 15 is 0 Å². The van der Waals surface area contributed by atoms with Gasteiger partial charge in [0, 0.05) is 0 Å². The van der Waals surface area contributed by atoms with Crippen LogP contribution in [0.5, 0.6) is 0 Å². The molecule has 0 saturated carbocycles. The SMILES string of the molecule is CC12OC1C(=O)OC2=O. The maximum atomic E-state index is 10.6. The van der Waals surface area contributed by atoms with E-state index < -0.39 is 23.6 Å². The summed E-state index contributed by atoms with van der Waals surface area (Å²) >= 11 is 0. The summed E-state index contributed by atoms with van der Waals surface area (Å²) in [5.74, 6) is -1.11. The lowest BCUT2D eigenvalue weighted by Crippen LogP contribution is -2.17. The van der Waals surface area contributed by atoms with Crippen molar-refractivity contribution < 1.29 is 19.1 Å². The Morgan fingerprint density at radius 1 is 1.56 bits per heavy atom. The molecule has 0 aromatic carbocycles. The predicted octanol–water partition coefficient (Wildman–Crippen LogP) is -0.773. The van der Waals surface area contributed by atoms with Crippen LogP contribution >= 0.6 is 0 Å². The van der Waals surface area contributed by atoms with Crippen LogP contribution in [0.15, 0.2) is 0 Å². The molecule has 2 aliphatic heterocycles. The van der Waals surface area contributed by atoms with Gasteiger partial charge in [0.1, 0.15) is 0 Å². The molecule has 2 heterocycles. The first kappa shape index (κ1) is 4.93. The molecule has 2 fully saturated rings. The molecule has 2 rings (SSSR count). The second-order valence-corrected chi connectivity index (χ2v) is 2.31. The topological polar surface area (TPSA) is 55.9 Å². The summed E-state index contributed by atoms with van der Waals surface area (Å²) in [6.07, 6.45) is -0.606. The number of hydrogen-bond donors (Lipinski definition) is 0. The van der Waals surface area contributed by atoms with Crippen LogP contribution in [0.1, 0.15) is 6.92 Å². The molecule has 4 heteroatoms. The van der Waals surface area contributed by atoms with Crippen LogP contribution in [0.25, 0.3) is 0 Å². The van der Waals surface area contributed by atoms with Crippen LogP contribution < -0.4 is 0 Å². The van der Waals surface area contributed by atoms with E-state index in [-0.39, 0.29) is 0 Å². The average molecular weight is 128 g/mol. The van der Waals surface area contributed by atoms with Gasteiger partial charge in [-0.1, -0.05) is 0 Å². The van der Waals surface area contributed by atoms with Crippen molar-refractivity contribution in [2.75, 3.05) is 0 Å². The van der Waals surface area contributed by atoms with Crippen molar-refractivity contribution >= 4 is 11.9 Å². The standard InChI is InChI=1S/C5H4O4/c1-5-2(9-5)3(6)8-4(5)7/h2H,1H3. The van der Waals surface area contributed by atoms with Crippen molar-refractivity contribution in [2.45, 2.75) is 18.6 Å². The summed E-state index contributed by atoms with van der Waals surface area (Å²) in [7, 11) is 0. The first-order valence-corrected chi connectivity index (χ1v) is 2.58. The lowest BCUT2D eigenvalue weighted by molar-refractivity contribution is -0.161. The predicted molar refractivity (Wildman–Crippen MR) is 24.4 cm³/mol. The number of ether oxygens (including phenoxy) is 2. The number of hydrogen-bond acceptors (Lipinski definition) is 4. The molecule has 2 aliphatic rings. The number of esters is 2. The zero-order chi connectivity index (χ0) is 6.65. The second kappa shape index (κ2) is 1.02. The number of carbonyl (C=O) groups is 2. The van der Waals surface area contributed by atoms with Crippen molar-refractivity contribution in [3.63, 3.8) is 0 Å². The normalized spacial score (nSPS) is 46.6. The van der Waals surface area contributed by atoms with Gasteiger partial charge in [0.25, 0.3) is 0 Å². The third kappa shape index (κ3) is 0.378. The van der Waals surface area contributed by atoms with E-state index in [4.69, 9.17) is 4.74 Å². The Balaban J connectivity index is 2.38. The third-order valence-electron chi connectivity index (χ3n) is 1.62. The van der Waals surface area contributed by atoms with Gasteiger partial charge in [0.2, 0.25) is 5.60 Å². The van der Waals surface area contributed by atoms with E-state index in [0.29, 0.717) is 0 Å². The lowest BCUT2D eigenvalue weighted by atomic mass is 10.1. The minimum Gasteiger partial charge on any atom is -0.389 e. The number of epoxide rings is 1. The van der Waals surface area contributed by atoms with Gasteiger partial charge in [-0.05, 0) is 6.92 Å². The van der Waals surface area contributed by atoms with Crippen LogP contribution in [-0.2, 0) is 19.1 Å². The molecule has 0 N–H and O–H groups in total. The summed E-state index contributed by atoms with van der Waals surface area (Å²) in [5, 5.41) is 0. The van der Waals surface area contributed by atoms with Crippen molar-refractivity contribution in [3.8, 4) is 0 Å². The van der Waals surface area contributed by atoms with Crippen LogP contribution in [0.2, 0.25) is 0 Å². The maximum absolute atomic E-state index is 10.6. The van der Waals surface area contributed by atoms with Gasteiger partial charge in [-0.3, -0.25) is 0 Å². The van der Waals surface area contributed by atoms with Crippen molar-refractivity contribution in [1.82, 2.24) is 0 Å². The van der Waals surface area contributed by atoms with Crippen LogP contribution in [-0.4, -0.2) is 23.6 Å². The van der Waals surface area contributed by atoms with Crippen molar-refractivity contribution in [2.24, 2.45) is 0 Å². The Labute approximate surface area is 50.7 Å². The van der Waals surface area contributed by atoms with E-state index in [1.807, 2.05) is 0 Å². The summed E-state index contributed by atoms with van der Waals surface area (Å²) in [6.45, 7) is 1.55. The Hall–Kier alpha value is -0.900. The van der Waals surface area contributed by atoms with Gasteiger partial charge in [-0.2, -0.15) is 0 Å². The summed E-state index contributed by atoms with van der Waals surface area (Å²) in [6, 6.07) is 0. The van der Waals surface area contributed by atoms with E-state index in [2.05, 4.69) is 4.74 Å². The van der Waals surface area contributed by atoms with Crippen molar-refractivity contribution in [3.05, 3.63) is 0 Å². The summed E-state index contributed by atoms with van der Waals surface area (Å²) in [4.78, 5) is 21.0. The van der Waals surface area contributed by atoms with Crippen molar-refractivity contribution in [1.29, 1.82) is 0 Å². The van der Waals surface area contributed by atoms with E-state index in [9.17, 15) is 9.59 Å². The monoisotopic (exact) mass is 128 g/mol. The average Bonchev–Trinajstić information content (AvgIpc) is 2.38. The highest BCUT2D eigenvalue weighted by atomic mass is 16.7. The van der Waals surface area contributed by atoms with Gasteiger partial charge in [0.05, 0.1) is 0 Å². The maximum Gasteiger partial charge on any atom is 0.349 e. The molecular weight excluding hydrogens is 124 g/mol. The van der Waals surface area contributed by atoms with Crippen LogP contribution in [0, 0.1) is 0 Å². The minimum atomic E-state index is -0.920. The van der Waals surface area contributed by atoms with Gasteiger partial charge >= 0.3 is 11.9 Å². The molecular formula is C5H4O4. The molecule has 48 valence electrons. The number of carbonyl (C=O) groups excluding carboxylic acids is 2. The number of fused-ring (bicyclic) bond motifs is 1. The Kier molecular flexibility index (Phi) is 0.558. The Bertz CT molecular complexity index is 209. The number of cyclic esters (lactones) is 2. The fourth-order valence-electron chi connectivity index (χ4n) is 0.885. The van der Waals surface area contributed by atoms with Gasteiger partial charge in [-0.15, -0.1) is 0 Å². The summed E-state index contributed by atoms with van der Waals surface area (Å²) in [5.41, 5.74) is -0.920. The summed E-state index contributed by atoms with van der Waals surface area (Å²) < 4.78 is 8.96. The number of rotatable bonds is 0. The van der Waals surface area contributed by atoms with Gasteiger partial charge < -0.3 is 9.47 Å². The van der Waals surface area contributed by atoms with Crippen LogP contribution in [0.4, 0.5) is 0 Å². The molecule has 4 nitrogen and oxygen atoms in total. The first-order chi connectivity index (χ1) is 4.14. The molecule has 0 amide bonds. The fraction of sp³-hybridized carbons (Fsp3) is 0.600. The lowest BCUT2D eigenvalue weighted by Gasteiger charge is -1.94. The smallest absolute Gasteiger partial charge is 0.349 e. The van der Waals surface area contributed by atoms with E-state index in [1.54, 1.807) is 6.92 Å². The van der Waals surface area contributed by atoms with Crippen LogP contribution in [0.3, 0.4) is 0 Å². The van der Waals surface area contributed by atoms with E-state index in [0.717, 1.165) is 0 Å². The molecule has 9 heavy (non-hydrogen) atoms. The quantitative estimate of drug-likeness (QED) is 0.244. The van der Waals surface area contributed by atoms with Gasteiger partial charge in [-0.25, -0.2) is 9.59 Å². The second-order valence-electron chi connectivity index (χ2n) is 2.31. The third-order valence-corrected chi connectivity index (χ3v) is 1.62. The molecule has 0 spiro atoms. The first-order valence-electron chi connectivity index (χ1n) is 2.58. The largest absolute Gasteiger partial charge is 0.389 e. The highest BCUT2D eigenvalue weighted by molar-refractivity contribution is 6.06. The molecule has 0 aromatic rings. The Morgan fingerprint density at radius 2 is 2.22 bits per heavy atom. The molecule has 0 bridgehead atoms. The van der Waals surface area contributed by atoms with E-state index in [1.165, 1.54) is 0 Å². The molecule has 2 atom stereocenters. The highest BCUT2D eigenvalue weighted by Crippen LogP contribution is 2.42. The zero-order valence-corrected chi connectivity index (χ0v) is 4.71. The molecule has 0 radical (unpaired) electrons. The van der Waals surface area contributed by atoms with Gasteiger partial charge in [0.15, 0.2) is 6.10 Å². The Morgan fingerprint density at radius 3 is 2.33 bits per heavy atom. The zero-order valence-electron chi connectivity index (χ0n) is 4.71. The minimum absolute atomic E-state index is 0.553. The molecule has 0 aliphatic carbocycles.